The lowest BCUT2D eigenvalue weighted by Gasteiger charge is -2.06. The average Bonchev–Trinajstić information content (AvgIpc) is 2.68. The standard InChI is InChI=1S/C19H18N2O5/c1-3-16(20-26-18(22)4-2)19(23)14-11-9-13(10-12-14)15-7-5-6-8-17(15)21(24)25/h5-12H,3-4H2,1-2H3/b20-16-. The van der Waals surface area contributed by atoms with Crippen molar-refractivity contribution in [2.75, 3.05) is 0 Å². The fourth-order valence-electron chi connectivity index (χ4n) is 2.28. The third-order valence-corrected chi connectivity index (χ3v) is 3.70. The van der Waals surface area contributed by atoms with Crippen molar-refractivity contribution in [1.82, 2.24) is 0 Å². The topological polar surface area (TPSA) is 98.9 Å². The minimum absolute atomic E-state index is 0.00568. The number of Topliss-reactive ketones (excluding diaryl/α,β-unsaturated/α-hetero) is 1. The number of oxime groups is 1. The Morgan fingerprint density at radius 2 is 1.69 bits per heavy atom. The van der Waals surface area contributed by atoms with Crippen LogP contribution in [0.4, 0.5) is 5.69 Å². The summed E-state index contributed by atoms with van der Waals surface area (Å²) in [6, 6.07) is 12.8. The van der Waals surface area contributed by atoms with Gasteiger partial charge >= 0.3 is 5.97 Å². The minimum atomic E-state index is -0.518. The number of carbonyl (C=O) groups excluding carboxylic acids is 2. The first-order valence-corrected chi connectivity index (χ1v) is 8.13. The summed E-state index contributed by atoms with van der Waals surface area (Å²) in [6.45, 7) is 3.37. The molecule has 0 aliphatic carbocycles. The van der Waals surface area contributed by atoms with E-state index in [1.54, 1.807) is 56.3 Å². The molecule has 0 unspecified atom stereocenters. The van der Waals surface area contributed by atoms with Gasteiger partial charge in [0, 0.05) is 18.1 Å². The molecule has 0 aliphatic heterocycles. The highest BCUT2D eigenvalue weighted by Gasteiger charge is 2.17. The first-order chi connectivity index (χ1) is 12.5. The maximum Gasteiger partial charge on any atom is 0.334 e. The number of nitro groups is 1. The lowest BCUT2D eigenvalue weighted by molar-refractivity contribution is -0.384. The molecule has 0 N–H and O–H groups in total. The van der Waals surface area contributed by atoms with Gasteiger partial charge in [-0.25, -0.2) is 4.79 Å². The summed E-state index contributed by atoms with van der Waals surface area (Å²) < 4.78 is 0. The molecular weight excluding hydrogens is 336 g/mol. The largest absolute Gasteiger partial charge is 0.334 e. The predicted octanol–water partition coefficient (Wildman–Crippen LogP) is 4.16. The Bertz CT molecular complexity index is 856. The van der Waals surface area contributed by atoms with Gasteiger partial charge in [0.15, 0.2) is 0 Å². The molecule has 2 rings (SSSR count). The number of carbonyl (C=O) groups is 2. The van der Waals surface area contributed by atoms with E-state index in [1.807, 2.05) is 0 Å². The number of rotatable bonds is 7. The molecule has 0 spiro atoms. The Labute approximate surface area is 150 Å². The second-order valence-corrected chi connectivity index (χ2v) is 5.39. The van der Waals surface area contributed by atoms with Gasteiger partial charge in [0.1, 0.15) is 5.71 Å². The van der Waals surface area contributed by atoms with Gasteiger partial charge in [0.2, 0.25) is 5.78 Å². The lowest BCUT2D eigenvalue weighted by atomic mass is 9.99. The molecule has 2 aromatic rings. The number of nitrogens with zero attached hydrogens (tertiary/aromatic N) is 2. The van der Waals surface area contributed by atoms with Crippen LogP contribution in [0.2, 0.25) is 0 Å². The van der Waals surface area contributed by atoms with Crippen molar-refractivity contribution in [3.8, 4) is 11.1 Å². The van der Waals surface area contributed by atoms with Crippen molar-refractivity contribution in [1.29, 1.82) is 0 Å². The molecule has 0 atom stereocenters. The molecule has 26 heavy (non-hydrogen) atoms. The van der Waals surface area contributed by atoms with E-state index in [4.69, 9.17) is 0 Å². The summed E-state index contributed by atoms with van der Waals surface area (Å²) in [7, 11) is 0. The number of nitro benzene ring substituents is 1. The molecule has 7 nitrogen and oxygen atoms in total. The third-order valence-electron chi connectivity index (χ3n) is 3.70. The fourth-order valence-corrected chi connectivity index (χ4v) is 2.28. The Balaban J connectivity index is 2.28. The van der Waals surface area contributed by atoms with Crippen LogP contribution in [0.15, 0.2) is 53.7 Å². The third kappa shape index (κ3) is 4.38. The van der Waals surface area contributed by atoms with Gasteiger partial charge in [0.25, 0.3) is 5.69 Å². The average molecular weight is 354 g/mol. The molecule has 0 radical (unpaired) electrons. The molecular formula is C19H18N2O5. The molecule has 0 fully saturated rings. The van der Waals surface area contributed by atoms with E-state index < -0.39 is 10.9 Å². The summed E-state index contributed by atoms with van der Waals surface area (Å²) >= 11 is 0. The van der Waals surface area contributed by atoms with Crippen molar-refractivity contribution < 1.29 is 19.3 Å². The van der Waals surface area contributed by atoms with Gasteiger partial charge in [0.05, 0.1) is 10.5 Å². The molecule has 0 bridgehead atoms. The number of benzene rings is 2. The van der Waals surface area contributed by atoms with Crippen LogP contribution in [0.5, 0.6) is 0 Å². The van der Waals surface area contributed by atoms with Crippen LogP contribution >= 0.6 is 0 Å². The highest BCUT2D eigenvalue weighted by Crippen LogP contribution is 2.29. The molecule has 0 saturated carbocycles. The van der Waals surface area contributed by atoms with Crippen LogP contribution in [0, 0.1) is 10.1 Å². The maximum absolute atomic E-state index is 12.5. The van der Waals surface area contributed by atoms with Crippen LogP contribution in [-0.2, 0) is 9.63 Å². The smallest absolute Gasteiger partial charge is 0.318 e. The SMILES string of the molecule is CCC(=O)O/N=C(/CC)C(=O)c1ccc(-c2ccccc2[N+](=O)[O-])cc1. The van der Waals surface area contributed by atoms with Crippen LogP contribution in [0.1, 0.15) is 37.0 Å². The van der Waals surface area contributed by atoms with Crippen molar-refractivity contribution in [3.05, 3.63) is 64.2 Å². The van der Waals surface area contributed by atoms with E-state index in [-0.39, 0.29) is 23.6 Å². The van der Waals surface area contributed by atoms with E-state index in [0.29, 0.717) is 23.1 Å². The number of ketones is 1. The van der Waals surface area contributed by atoms with Gasteiger partial charge in [-0.05, 0) is 18.1 Å². The Morgan fingerprint density at radius 1 is 1.04 bits per heavy atom. The van der Waals surface area contributed by atoms with E-state index in [9.17, 15) is 19.7 Å². The van der Waals surface area contributed by atoms with Crippen LogP contribution < -0.4 is 0 Å². The molecule has 0 aromatic heterocycles. The minimum Gasteiger partial charge on any atom is -0.318 e. The zero-order valence-corrected chi connectivity index (χ0v) is 14.5. The molecule has 2 aromatic carbocycles. The number of para-hydroxylation sites is 1. The first-order valence-electron chi connectivity index (χ1n) is 8.13. The Kier molecular flexibility index (Phi) is 6.32. The fraction of sp³-hybridized carbons (Fsp3) is 0.211. The normalized spacial score (nSPS) is 11.1. The second kappa shape index (κ2) is 8.66. The number of hydrogen-bond acceptors (Lipinski definition) is 6. The van der Waals surface area contributed by atoms with Gasteiger partial charge in [-0.15, -0.1) is 0 Å². The predicted molar refractivity (Wildman–Crippen MR) is 97.0 cm³/mol. The summed E-state index contributed by atoms with van der Waals surface area (Å²) in [6.07, 6.45) is 0.473. The van der Waals surface area contributed by atoms with E-state index in [1.165, 1.54) is 6.07 Å². The van der Waals surface area contributed by atoms with Crippen molar-refractivity contribution in [2.45, 2.75) is 26.7 Å². The summed E-state index contributed by atoms with van der Waals surface area (Å²) in [4.78, 5) is 39.0. The van der Waals surface area contributed by atoms with Gasteiger partial charge < -0.3 is 4.84 Å². The van der Waals surface area contributed by atoms with Gasteiger partial charge in [-0.2, -0.15) is 0 Å². The van der Waals surface area contributed by atoms with E-state index in [0.717, 1.165) is 0 Å². The van der Waals surface area contributed by atoms with Crippen LogP contribution in [0.25, 0.3) is 11.1 Å². The van der Waals surface area contributed by atoms with Crippen molar-refractivity contribution in [2.24, 2.45) is 5.16 Å². The summed E-state index contributed by atoms with van der Waals surface area (Å²) in [5.41, 5.74) is 1.58. The van der Waals surface area contributed by atoms with Crippen LogP contribution in [0.3, 0.4) is 0 Å². The highest BCUT2D eigenvalue weighted by atomic mass is 16.7. The zero-order valence-electron chi connectivity index (χ0n) is 14.5. The zero-order chi connectivity index (χ0) is 19.1. The van der Waals surface area contributed by atoms with Crippen molar-refractivity contribution >= 4 is 23.2 Å². The molecule has 0 amide bonds. The van der Waals surface area contributed by atoms with Gasteiger partial charge in [-0.1, -0.05) is 55.4 Å². The summed E-state index contributed by atoms with van der Waals surface area (Å²) in [5.74, 6) is -0.874. The highest BCUT2D eigenvalue weighted by molar-refractivity contribution is 6.45. The Morgan fingerprint density at radius 3 is 2.27 bits per heavy atom. The molecule has 0 heterocycles. The first kappa shape index (κ1) is 19.0. The quantitative estimate of drug-likeness (QED) is 0.244. The molecule has 0 aliphatic rings. The van der Waals surface area contributed by atoms with Gasteiger partial charge in [-0.3, -0.25) is 14.9 Å². The van der Waals surface area contributed by atoms with E-state index in [2.05, 4.69) is 9.99 Å². The van der Waals surface area contributed by atoms with E-state index >= 15 is 0 Å². The number of hydrogen-bond donors (Lipinski definition) is 0. The Hall–Kier alpha value is -3.35. The summed E-state index contributed by atoms with van der Waals surface area (Å²) in [5, 5.41) is 14.8. The monoisotopic (exact) mass is 354 g/mol. The molecule has 134 valence electrons. The maximum atomic E-state index is 12.5. The van der Waals surface area contributed by atoms with Crippen molar-refractivity contribution in [3.63, 3.8) is 0 Å². The lowest BCUT2D eigenvalue weighted by Crippen LogP contribution is -2.15. The van der Waals surface area contributed by atoms with Crippen LogP contribution in [-0.4, -0.2) is 22.4 Å². The second-order valence-electron chi connectivity index (χ2n) is 5.39. The molecule has 7 heteroatoms. The molecule has 0 saturated heterocycles.